The molecule has 0 aliphatic heterocycles. The number of hydrogen-bond acceptors (Lipinski definition) is 4. The fourth-order valence-electron chi connectivity index (χ4n) is 4.92. The van der Waals surface area contributed by atoms with Gasteiger partial charge in [0.2, 0.25) is 5.78 Å². The Morgan fingerprint density at radius 2 is 1.89 bits per heavy atom. The summed E-state index contributed by atoms with van der Waals surface area (Å²) in [6, 6.07) is 8.57. The first-order valence-electron chi connectivity index (χ1n) is 12.2. The van der Waals surface area contributed by atoms with Gasteiger partial charge in [0.25, 0.3) is 11.5 Å². The zero-order chi connectivity index (χ0) is 25.6. The lowest BCUT2D eigenvalue weighted by molar-refractivity contribution is 0.0928. The summed E-state index contributed by atoms with van der Waals surface area (Å²) >= 11 is 6.18. The summed E-state index contributed by atoms with van der Waals surface area (Å²) in [5.41, 5.74) is 0.402. The van der Waals surface area contributed by atoms with Crippen LogP contribution in [-0.2, 0) is 6.54 Å². The van der Waals surface area contributed by atoms with Crippen LogP contribution in [0.3, 0.4) is 0 Å². The second-order valence-corrected chi connectivity index (χ2v) is 10.0. The molecular formula is C26H27ClFN5O3. The summed E-state index contributed by atoms with van der Waals surface area (Å²) in [6.07, 6.45) is 5.25. The minimum absolute atomic E-state index is 0.00470. The van der Waals surface area contributed by atoms with Crippen molar-refractivity contribution in [1.82, 2.24) is 24.1 Å². The first-order valence-corrected chi connectivity index (χ1v) is 12.5. The normalized spacial score (nSPS) is 14.7. The minimum Gasteiger partial charge on any atom is -0.349 e. The van der Waals surface area contributed by atoms with E-state index < -0.39 is 11.5 Å². The van der Waals surface area contributed by atoms with Gasteiger partial charge in [-0.3, -0.25) is 14.2 Å². The second-order valence-electron chi connectivity index (χ2n) is 9.62. The molecule has 5 rings (SSSR count). The monoisotopic (exact) mass is 511 g/mol. The quantitative estimate of drug-likeness (QED) is 0.432. The van der Waals surface area contributed by atoms with E-state index in [9.17, 15) is 18.8 Å². The average molecular weight is 512 g/mol. The van der Waals surface area contributed by atoms with Gasteiger partial charge in [-0.25, -0.2) is 18.3 Å². The van der Waals surface area contributed by atoms with E-state index in [1.54, 1.807) is 18.2 Å². The molecular weight excluding hydrogens is 485 g/mol. The Kier molecular flexibility index (Phi) is 6.42. The maximum Gasteiger partial charge on any atom is 0.352 e. The third kappa shape index (κ3) is 4.32. The van der Waals surface area contributed by atoms with Gasteiger partial charge >= 0.3 is 5.69 Å². The molecule has 0 saturated heterocycles. The molecule has 1 aliphatic carbocycles. The first-order chi connectivity index (χ1) is 17.2. The van der Waals surface area contributed by atoms with Crippen LogP contribution in [0, 0.1) is 5.82 Å². The summed E-state index contributed by atoms with van der Waals surface area (Å²) in [6.45, 7) is 3.66. The Balaban J connectivity index is 1.66. The Morgan fingerprint density at radius 1 is 1.14 bits per heavy atom. The molecule has 2 aromatic carbocycles. The molecule has 0 radical (unpaired) electrons. The molecule has 1 amide bonds. The number of nitrogens with zero attached hydrogens (tertiary/aromatic N) is 4. The van der Waals surface area contributed by atoms with Crippen molar-refractivity contribution in [2.75, 3.05) is 0 Å². The first kappa shape index (κ1) is 24.2. The minimum atomic E-state index is -0.491. The number of aromatic nitrogens is 4. The Hall–Kier alpha value is -3.46. The van der Waals surface area contributed by atoms with E-state index in [1.807, 2.05) is 13.8 Å². The maximum atomic E-state index is 13.5. The van der Waals surface area contributed by atoms with Crippen molar-refractivity contribution in [2.45, 2.75) is 64.6 Å². The lowest BCUT2D eigenvalue weighted by Crippen LogP contribution is -2.36. The van der Waals surface area contributed by atoms with Crippen molar-refractivity contribution >= 4 is 34.2 Å². The topological polar surface area (TPSA) is 90.4 Å². The Morgan fingerprint density at radius 3 is 2.58 bits per heavy atom. The van der Waals surface area contributed by atoms with Crippen molar-refractivity contribution in [3.05, 3.63) is 79.2 Å². The number of carbonyl (C=O) groups is 1. The van der Waals surface area contributed by atoms with Crippen LogP contribution in [0.5, 0.6) is 0 Å². The van der Waals surface area contributed by atoms with Gasteiger partial charge in [0, 0.05) is 22.7 Å². The average Bonchev–Trinajstić information content (AvgIpc) is 3.16. The Bertz CT molecular complexity index is 1600. The Labute approximate surface area is 211 Å². The number of halogens is 2. The highest BCUT2D eigenvalue weighted by atomic mass is 35.5. The molecule has 0 unspecified atom stereocenters. The van der Waals surface area contributed by atoms with Crippen LogP contribution in [0.2, 0.25) is 5.02 Å². The third-order valence-corrected chi connectivity index (χ3v) is 7.13. The molecule has 36 heavy (non-hydrogen) atoms. The van der Waals surface area contributed by atoms with Gasteiger partial charge in [-0.05, 0) is 62.6 Å². The van der Waals surface area contributed by atoms with Gasteiger partial charge in [-0.1, -0.05) is 36.9 Å². The SMILES string of the molecule is CC(C)n1c(=O)c2ccc(C(=O)NC3CCCCC3)cc2n2c(=O)n(Cc3ccc(F)cc3Cl)nc12. The van der Waals surface area contributed by atoms with Gasteiger partial charge < -0.3 is 5.32 Å². The van der Waals surface area contributed by atoms with Crippen molar-refractivity contribution in [3.63, 3.8) is 0 Å². The fourth-order valence-corrected chi connectivity index (χ4v) is 5.14. The lowest BCUT2D eigenvalue weighted by Gasteiger charge is -2.22. The standard InChI is InChI=1S/C26H27ClFN5O3/c1-15(2)32-24(35)20-11-9-16(23(34)29-19-6-4-3-5-7-19)12-22(20)33-25(32)30-31(26(33)36)14-17-8-10-18(28)13-21(17)27/h8-13,15,19H,3-7,14H2,1-2H3,(H,29,34). The molecule has 1 saturated carbocycles. The summed E-state index contributed by atoms with van der Waals surface area (Å²) < 4.78 is 17.5. The van der Waals surface area contributed by atoms with E-state index in [0.717, 1.165) is 25.7 Å². The molecule has 2 aromatic heterocycles. The number of fused-ring (bicyclic) bond motifs is 3. The predicted octanol–water partition coefficient (Wildman–Crippen LogP) is 4.30. The van der Waals surface area contributed by atoms with E-state index in [-0.39, 0.29) is 40.9 Å². The number of nitrogens with one attached hydrogen (secondary N) is 1. The number of rotatable bonds is 5. The molecule has 8 nitrogen and oxygen atoms in total. The zero-order valence-electron chi connectivity index (χ0n) is 20.1. The van der Waals surface area contributed by atoms with Crippen molar-refractivity contribution < 1.29 is 9.18 Å². The van der Waals surface area contributed by atoms with Gasteiger partial charge in [-0.15, -0.1) is 5.10 Å². The second kappa shape index (κ2) is 9.54. The van der Waals surface area contributed by atoms with E-state index in [1.165, 1.54) is 38.3 Å². The highest BCUT2D eigenvalue weighted by Gasteiger charge is 2.22. The summed E-state index contributed by atoms with van der Waals surface area (Å²) in [7, 11) is 0. The van der Waals surface area contributed by atoms with E-state index in [4.69, 9.17) is 11.6 Å². The van der Waals surface area contributed by atoms with Crippen molar-refractivity contribution in [3.8, 4) is 0 Å². The fraction of sp³-hybridized carbons (Fsp3) is 0.385. The van der Waals surface area contributed by atoms with E-state index in [2.05, 4.69) is 10.4 Å². The molecule has 188 valence electrons. The maximum absolute atomic E-state index is 13.5. The van der Waals surface area contributed by atoms with Crippen LogP contribution in [-0.4, -0.2) is 30.7 Å². The number of amides is 1. The van der Waals surface area contributed by atoms with Crippen LogP contribution in [0.1, 0.15) is 67.9 Å². The zero-order valence-corrected chi connectivity index (χ0v) is 20.9. The summed E-state index contributed by atoms with van der Waals surface area (Å²) in [4.78, 5) is 39.9. The summed E-state index contributed by atoms with van der Waals surface area (Å²) in [5.74, 6) is -0.552. The van der Waals surface area contributed by atoms with Crippen LogP contribution in [0.15, 0.2) is 46.0 Å². The van der Waals surface area contributed by atoms with Crippen LogP contribution in [0.25, 0.3) is 16.7 Å². The number of carbonyl (C=O) groups excluding carboxylic acids is 1. The third-order valence-electron chi connectivity index (χ3n) is 6.78. The molecule has 1 fully saturated rings. The molecule has 0 bridgehead atoms. The number of hydrogen-bond donors (Lipinski definition) is 1. The van der Waals surface area contributed by atoms with E-state index in [0.29, 0.717) is 22.0 Å². The predicted molar refractivity (Wildman–Crippen MR) is 136 cm³/mol. The molecule has 1 aliphatic rings. The molecule has 2 heterocycles. The highest BCUT2D eigenvalue weighted by Crippen LogP contribution is 2.21. The van der Waals surface area contributed by atoms with E-state index >= 15 is 0 Å². The highest BCUT2D eigenvalue weighted by molar-refractivity contribution is 6.31. The van der Waals surface area contributed by atoms with Gasteiger partial charge in [0.05, 0.1) is 17.4 Å². The smallest absolute Gasteiger partial charge is 0.349 e. The van der Waals surface area contributed by atoms with Crippen molar-refractivity contribution in [2.24, 2.45) is 0 Å². The van der Waals surface area contributed by atoms with Crippen LogP contribution in [0.4, 0.5) is 4.39 Å². The number of benzene rings is 2. The summed E-state index contributed by atoms with van der Waals surface area (Å²) in [5, 5.41) is 8.01. The van der Waals surface area contributed by atoms with Gasteiger partial charge in [-0.2, -0.15) is 0 Å². The lowest BCUT2D eigenvalue weighted by atomic mass is 9.95. The largest absolute Gasteiger partial charge is 0.352 e. The van der Waals surface area contributed by atoms with Crippen LogP contribution >= 0.6 is 11.6 Å². The molecule has 0 atom stereocenters. The van der Waals surface area contributed by atoms with Crippen molar-refractivity contribution in [1.29, 1.82) is 0 Å². The molecule has 0 spiro atoms. The van der Waals surface area contributed by atoms with Gasteiger partial charge in [0.1, 0.15) is 5.82 Å². The van der Waals surface area contributed by atoms with Gasteiger partial charge in [0.15, 0.2) is 0 Å². The molecule has 10 heteroatoms. The van der Waals surface area contributed by atoms with Crippen LogP contribution < -0.4 is 16.6 Å². The molecule has 1 N–H and O–H groups in total. The molecule has 4 aromatic rings.